The summed E-state index contributed by atoms with van der Waals surface area (Å²) in [5.41, 5.74) is -0.916. The number of carbonyl (C=O) groups is 4. The van der Waals surface area contributed by atoms with Gasteiger partial charge in [-0.25, -0.2) is 0 Å². The summed E-state index contributed by atoms with van der Waals surface area (Å²) in [6.07, 6.45) is 2.92. The largest absolute Gasteiger partial charge is 0.460 e. The molecule has 240 valence electrons. The molecule has 3 aliphatic heterocycles. The number of esters is 1. The number of ether oxygens (including phenoxy) is 2. The lowest BCUT2D eigenvalue weighted by molar-refractivity contribution is -0.159. The number of hydrogen-bond acceptors (Lipinski definition) is 7. The lowest BCUT2D eigenvalue weighted by atomic mass is 9.70. The van der Waals surface area contributed by atoms with Crippen molar-refractivity contribution in [1.29, 1.82) is 0 Å². The number of carbonyl (C=O) groups excluding carboxylic acids is 4. The molecule has 1 aromatic carbocycles. The van der Waals surface area contributed by atoms with E-state index in [0.717, 1.165) is 0 Å². The van der Waals surface area contributed by atoms with Gasteiger partial charge in [0.2, 0.25) is 11.8 Å². The third-order valence-electron chi connectivity index (χ3n) is 8.75. The van der Waals surface area contributed by atoms with E-state index in [2.05, 4.69) is 34.4 Å². The number of nitrogens with one attached hydrogen (secondary N) is 1. The predicted octanol–water partition coefficient (Wildman–Crippen LogP) is 3.64. The van der Waals surface area contributed by atoms with Crippen molar-refractivity contribution in [3.05, 3.63) is 54.6 Å². The molecular formula is C32H41BrClN3O7. The number of alkyl halides is 1. The van der Waals surface area contributed by atoms with Crippen LogP contribution in [0.1, 0.15) is 40.0 Å². The first-order valence-electron chi connectivity index (χ1n) is 14.9. The number of halogens is 2. The van der Waals surface area contributed by atoms with Crippen molar-refractivity contribution >= 4 is 56.9 Å². The number of aliphatic hydroxyl groups is 1. The number of para-hydroxylation sites is 1. The van der Waals surface area contributed by atoms with Crippen LogP contribution >= 0.6 is 27.5 Å². The zero-order chi connectivity index (χ0) is 32.3. The standard InChI is InChI=1S/C32H41BrClN3O7/c1-6-8-13-24(39)35-16-19(5)43-31(42)25-26-29(40)37(23(17-38)18(3)4)28(32(26)15-20(33)27(25)44-32)30(41)36(14-7-2)22-12-10-9-11-21(22)34/h6-7,9-12,18-20,23,25-28,38H,1-2,8,13-17H2,3-5H3,(H,35,39)/t19-,20?,23-,25+,26-,27+,28+,32-/m0/s1. The molecule has 1 unspecified atom stereocenters. The van der Waals surface area contributed by atoms with Crippen molar-refractivity contribution in [3.8, 4) is 0 Å². The second-order valence-corrected chi connectivity index (χ2v) is 13.6. The predicted molar refractivity (Wildman–Crippen MR) is 170 cm³/mol. The van der Waals surface area contributed by atoms with Gasteiger partial charge in [-0.1, -0.05) is 65.7 Å². The molecule has 3 heterocycles. The Labute approximate surface area is 271 Å². The van der Waals surface area contributed by atoms with Crippen molar-refractivity contribution in [2.24, 2.45) is 17.8 Å². The third-order valence-corrected chi connectivity index (χ3v) is 9.91. The van der Waals surface area contributed by atoms with Crippen molar-refractivity contribution < 1.29 is 33.8 Å². The summed E-state index contributed by atoms with van der Waals surface area (Å²) >= 11 is 10.2. The molecule has 0 saturated carbocycles. The van der Waals surface area contributed by atoms with Crippen LogP contribution in [-0.4, -0.2) is 88.1 Å². The van der Waals surface area contributed by atoms with Gasteiger partial charge in [0.15, 0.2) is 0 Å². The first-order chi connectivity index (χ1) is 20.9. The van der Waals surface area contributed by atoms with Gasteiger partial charge in [-0.15, -0.1) is 13.2 Å². The minimum Gasteiger partial charge on any atom is -0.460 e. The van der Waals surface area contributed by atoms with E-state index in [1.165, 1.54) is 9.80 Å². The molecule has 3 saturated heterocycles. The summed E-state index contributed by atoms with van der Waals surface area (Å²) in [7, 11) is 0. The maximum absolute atomic E-state index is 14.7. The molecule has 3 fully saturated rings. The van der Waals surface area contributed by atoms with E-state index < -0.39 is 59.5 Å². The first kappa shape index (κ1) is 34.1. The number of amides is 3. The number of nitrogens with zero attached hydrogens (tertiary/aromatic N) is 2. The molecule has 44 heavy (non-hydrogen) atoms. The summed E-state index contributed by atoms with van der Waals surface area (Å²) in [5.74, 6) is -3.94. The SMILES string of the molecule is C=CCCC(=O)NC[C@H](C)OC(=O)[C@H]1[C@@H]2O[C@@]3(CC2Br)[C@@H]1C(=O)N([C@@H](CO)C(C)C)[C@@H]3C(=O)N(CC=C)c1ccccc1Cl. The van der Waals surface area contributed by atoms with Gasteiger partial charge in [0.25, 0.3) is 5.91 Å². The Morgan fingerprint density at radius 2 is 1.98 bits per heavy atom. The lowest BCUT2D eigenvalue weighted by Crippen LogP contribution is -2.60. The zero-order valence-corrected chi connectivity index (χ0v) is 27.6. The molecule has 0 aromatic heterocycles. The van der Waals surface area contributed by atoms with Crippen LogP contribution in [0.25, 0.3) is 0 Å². The molecule has 8 atom stereocenters. The normalized spacial score (nSPS) is 28.4. The van der Waals surface area contributed by atoms with Crippen LogP contribution in [0.3, 0.4) is 0 Å². The van der Waals surface area contributed by atoms with Gasteiger partial charge in [-0.3, -0.25) is 19.2 Å². The van der Waals surface area contributed by atoms with Crippen molar-refractivity contribution in [2.45, 2.75) is 74.8 Å². The van der Waals surface area contributed by atoms with Crippen molar-refractivity contribution in [3.63, 3.8) is 0 Å². The third kappa shape index (κ3) is 6.21. The number of anilines is 1. The van der Waals surface area contributed by atoms with Gasteiger partial charge < -0.3 is 29.7 Å². The second-order valence-electron chi connectivity index (χ2n) is 12.0. The average molecular weight is 695 g/mol. The molecule has 4 rings (SSSR count). The summed E-state index contributed by atoms with van der Waals surface area (Å²) in [6, 6.07) is 5.03. The highest BCUT2D eigenvalue weighted by atomic mass is 79.9. The Bertz CT molecular complexity index is 1290. The molecule has 12 heteroatoms. The summed E-state index contributed by atoms with van der Waals surface area (Å²) in [6.45, 7) is 12.6. The summed E-state index contributed by atoms with van der Waals surface area (Å²) in [5, 5.41) is 13.6. The minimum absolute atomic E-state index is 0.100. The average Bonchev–Trinajstić information content (AvgIpc) is 3.57. The zero-order valence-electron chi connectivity index (χ0n) is 25.3. The Morgan fingerprint density at radius 1 is 1.27 bits per heavy atom. The maximum atomic E-state index is 14.7. The van der Waals surface area contributed by atoms with E-state index in [0.29, 0.717) is 23.6 Å². The highest BCUT2D eigenvalue weighted by molar-refractivity contribution is 9.09. The van der Waals surface area contributed by atoms with Crippen LogP contribution < -0.4 is 10.2 Å². The fourth-order valence-electron chi connectivity index (χ4n) is 6.75. The molecular weight excluding hydrogens is 654 g/mol. The van der Waals surface area contributed by atoms with E-state index in [-0.39, 0.29) is 42.8 Å². The van der Waals surface area contributed by atoms with Gasteiger partial charge in [-0.05, 0) is 37.8 Å². The fourth-order valence-corrected chi connectivity index (χ4v) is 7.93. The number of benzene rings is 1. The number of likely N-dealkylation sites (tertiary alicyclic amines) is 1. The molecule has 2 bridgehead atoms. The maximum Gasteiger partial charge on any atom is 0.312 e. The van der Waals surface area contributed by atoms with Crippen LogP contribution in [0.5, 0.6) is 0 Å². The van der Waals surface area contributed by atoms with Crippen LogP contribution in [0.15, 0.2) is 49.6 Å². The first-order valence-corrected chi connectivity index (χ1v) is 16.2. The van der Waals surface area contributed by atoms with Crippen LogP contribution in [0.4, 0.5) is 5.69 Å². The van der Waals surface area contributed by atoms with Crippen molar-refractivity contribution in [1.82, 2.24) is 10.2 Å². The van der Waals surface area contributed by atoms with Gasteiger partial charge in [0.1, 0.15) is 17.7 Å². The smallest absolute Gasteiger partial charge is 0.312 e. The highest BCUT2D eigenvalue weighted by Gasteiger charge is 2.77. The van der Waals surface area contributed by atoms with E-state index in [9.17, 15) is 24.3 Å². The monoisotopic (exact) mass is 693 g/mol. The van der Waals surface area contributed by atoms with Crippen LogP contribution in [-0.2, 0) is 28.7 Å². The van der Waals surface area contributed by atoms with Crippen LogP contribution in [0.2, 0.25) is 5.02 Å². The summed E-state index contributed by atoms with van der Waals surface area (Å²) in [4.78, 5) is 57.5. The van der Waals surface area contributed by atoms with E-state index in [1.807, 2.05) is 13.8 Å². The number of allylic oxidation sites excluding steroid dienone is 1. The Hall–Kier alpha value is -2.73. The molecule has 3 amide bonds. The van der Waals surface area contributed by atoms with Gasteiger partial charge >= 0.3 is 5.97 Å². The topological polar surface area (TPSA) is 125 Å². The second kappa shape index (κ2) is 14.1. The Kier molecular flexibility index (Phi) is 11.0. The van der Waals surface area contributed by atoms with Gasteiger partial charge in [0.05, 0.1) is 47.8 Å². The molecule has 2 N–H and O–H groups in total. The van der Waals surface area contributed by atoms with Gasteiger partial charge in [-0.2, -0.15) is 0 Å². The number of fused-ring (bicyclic) bond motifs is 1. The minimum atomic E-state index is -1.36. The van der Waals surface area contributed by atoms with E-state index in [4.69, 9.17) is 21.1 Å². The molecule has 0 radical (unpaired) electrons. The lowest BCUT2D eigenvalue weighted by Gasteiger charge is -2.40. The highest BCUT2D eigenvalue weighted by Crippen LogP contribution is 2.61. The van der Waals surface area contributed by atoms with Gasteiger partial charge in [0, 0.05) is 17.8 Å². The molecule has 3 aliphatic rings. The number of aliphatic hydroxyl groups excluding tert-OH is 1. The van der Waals surface area contributed by atoms with Crippen molar-refractivity contribution in [2.75, 3.05) is 24.6 Å². The quantitative estimate of drug-likeness (QED) is 0.173. The number of hydrogen-bond donors (Lipinski definition) is 2. The van der Waals surface area contributed by atoms with E-state index in [1.54, 1.807) is 43.3 Å². The van der Waals surface area contributed by atoms with E-state index >= 15 is 0 Å². The molecule has 10 nitrogen and oxygen atoms in total. The Morgan fingerprint density at radius 3 is 2.59 bits per heavy atom. The molecule has 1 aromatic rings. The summed E-state index contributed by atoms with van der Waals surface area (Å²) < 4.78 is 12.3. The molecule has 1 spiro atoms. The Balaban J connectivity index is 1.70. The van der Waals surface area contributed by atoms with Crippen LogP contribution in [0, 0.1) is 17.8 Å². The fraction of sp³-hybridized carbons (Fsp3) is 0.562. The molecule has 0 aliphatic carbocycles. The number of rotatable bonds is 14.